The molecule has 2 aromatic carbocycles. The fourth-order valence-electron chi connectivity index (χ4n) is 5.47. The van der Waals surface area contributed by atoms with Crippen LogP contribution in [0, 0.1) is 6.92 Å². The first kappa shape index (κ1) is 24.2. The topological polar surface area (TPSA) is 96.8 Å². The van der Waals surface area contributed by atoms with E-state index in [0.29, 0.717) is 32.0 Å². The number of fused-ring (bicyclic) bond motifs is 2. The number of pyridine rings is 2. The van der Waals surface area contributed by atoms with Crippen LogP contribution < -0.4 is 14.8 Å². The van der Waals surface area contributed by atoms with Crippen LogP contribution in [-0.2, 0) is 11.3 Å². The third-order valence-corrected chi connectivity index (χ3v) is 7.46. The van der Waals surface area contributed by atoms with Crippen molar-refractivity contribution in [3.63, 3.8) is 0 Å². The van der Waals surface area contributed by atoms with Gasteiger partial charge in [-0.3, -0.25) is 14.7 Å². The second-order valence-electron chi connectivity index (χ2n) is 9.81. The fourth-order valence-corrected chi connectivity index (χ4v) is 5.47. The lowest BCUT2D eigenvalue weighted by atomic mass is 9.98. The molecular formula is C30H30N4O4. The maximum atomic E-state index is 11.8. The van der Waals surface area contributed by atoms with Gasteiger partial charge in [-0.15, -0.1) is 0 Å². The van der Waals surface area contributed by atoms with Crippen molar-refractivity contribution in [2.24, 2.45) is 0 Å². The highest BCUT2D eigenvalue weighted by molar-refractivity contribution is 5.92. The first-order valence-electron chi connectivity index (χ1n) is 13.0. The van der Waals surface area contributed by atoms with Gasteiger partial charge in [0.1, 0.15) is 24.8 Å². The van der Waals surface area contributed by atoms with Crippen LogP contribution in [0.15, 0.2) is 60.9 Å². The molecule has 0 aliphatic carbocycles. The van der Waals surface area contributed by atoms with Gasteiger partial charge in [0.2, 0.25) is 0 Å². The minimum Gasteiger partial charge on any atom is -0.486 e. The zero-order valence-electron chi connectivity index (χ0n) is 21.3. The summed E-state index contributed by atoms with van der Waals surface area (Å²) in [7, 11) is 0. The molecule has 0 bridgehead atoms. The van der Waals surface area contributed by atoms with E-state index in [9.17, 15) is 9.90 Å². The number of nitrogens with one attached hydrogen (secondary N) is 1. The molecule has 6 rings (SSSR count). The predicted molar refractivity (Wildman–Crippen MR) is 146 cm³/mol. The molecule has 0 amide bonds. The number of benzene rings is 2. The molecule has 2 aromatic heterocycles. The smallest absolute Gasteiger partial charge is 0.320 e. The van der Waals surface area contributed by atoms with Crippen molar-refractivity contribution < 1.29 is 19.4 Å². The van der Waals surface area contributed by atoms with Gasteiger partial charge in [0, 0.05) is 30.0 Å². The number of aliphatic carboxylic acids is 1. The Morgan fingerprint density at radius 1 is 1.05 bits per heavy atom. The summed E-state index contributed by atoms with van der Waals surface area (Å²) in [5.41, 5.74) is 5.97. The van der Waals surface area contributed by atoms with Gasteiger partial charge in [0.15, 0.2) is 17.3 Å². The van der Waals surface area contributed by atoms with E-state index < -0.39 is 12.0 Å². The van der Waals surface area contributed by atoms with Crippen LogP contribution in [0.25, 0.3) is 22.0 Å². The van der Waals surface area contributed by atoms with Crippen molar-refractivity contribution in [1.82, 2.24) is 14.9 Å². The van der Waals surface area contributed by atoms with Crippen molar-refractivity contribution in [1.29, 1.82) is 0 Å². The standard InChI is InChI=1S/C30H30N4O4/c1-19-22(20-8-9-26-27(17-20)38-16-15-37-26)5-4-6-24(19)33-29-28-23(11-13-32-29)21(10-12-31-28)18-34-14-3-2-7-25(34)30(35)36/h4-6,8-13,17,25H,2-3,7,14-16,18H2,1H3,(H,32,33)(H,35,36). The number of rotatable bonds is 6. The number of piperidine rings is 1. The Hall–Kier alpha value is -4.17. The summed E-state index contributed by atoms with van der Waals surface area (Å²) >= 11 is 0. The Balaban J connectivity index is 1.31. The molecule has 8 heteroatoms. The first-order chi connectivity index (χ1) is 18.6. The van der Waals surface area contributed by atoms with Gasteiger partial charge in [-0.1, -0.05) is 24.6 Å². The summed E-state index contributed by atoms with van der Waals surface area (Å²) in [4.78, 5) is 23.2. The van der Waals surface area contributed by atoms with Gasteiger partial charge >= 0.3 is 5.97 Å². The summed E-state index contributed by atoms with van der Waals surface area (Å²) in [5.74, 6) is 1.45. The zero-order chi connectivity index (χ0) is 26.1. The molecule has 38 heavy (non-hydrogen) atoms. The number of ether oxygens (including phenoxy) is 2. The van der Waals surface area contributed by atoms with Gasteiger partial charge in [-0.25, -0.2) is 4.98 Å². The second kappa shape index (κ2) is 10.3. The Morgan fingerprint density at radius 3 is 2.76 bits per heavy atom. The fraction of sp³-hybridized carbons (Fsp3) is 0.300. The van der Waals surface area contributed by atoms with Crippen LogP contribution in [0.1, 0.15) is 30.4 Å². The molecule has 1 saturated heterocycles. The summed E-state index contributed by atoms with van der Waals surface area (Å²) in [6.45, 7) is 4.55. The summed E-state index contributed by atoms with van der Waals surface area (Å²) in [5, 5.41) is 14.2. The Kier molecular flexibility index (Phi) is 6.55. The van der Waals surface area contributed by atoms with Crippen molar-refractivity contribution >= 4 is 28.4 Å². The van der Waals surface area contributed by atoms with Crippen LogP contribution >= 0.6 is 0 Å². The third kappa shape index (κ3) is 4.63. The normalized spacial score (nSPS) is 17.3. The molecule has 2 aliphatic rings. The number of anilines is 2. The Morgan fingerprint density at radius 2 is 1.89 bits per heavy atom. The molecule has 1 fully saturated rings. The highest BCUT2D eigenvalue weighted by Gasteiger charge is 2.28. The van der Waals surface area contributed by atoms with E-state index in [2.05, 4.69) is 39.2 Å². The first-order valence-corrected chi connectivity index (χ1v) is 13.0. The van der Waals surface area contributed by atoms with E-state index >= 15 is 0 Å². The van der Waals surface area contributed by atoms with E-state index in [1.165, 1.54) is 0 Å². The van der Waals surface area contributed by atoms with Gasteiger partial charge in [0.25, 0.3) is 0 Å². The number of aromatic nitrogens is 2. The number of likely N-dealkylation sites (tertiary alicyclic amines) is 1. The maximum Gasteiger partial charge on any atom is 0.320 e. The number of nitrogens with zero attached hydrogens (tertiary/aromatic N) is 3. The van der Waals surface area contributed by atoms with E-state index in [1.807, 2.05) is 36.4 Å². The average molecular weight is 511 g/mol. The predicted octanol–water partition coefficient (Wildman–Crippen LogP) is 5.56. The quantitative estimate of drug-likeness (QED) is 0.348. The van der Waals surface area contributed by atoms with Crippen molar-refractivity contribution in [3.8, 4) is 22.6 Å². The number of carboxylic acid groups (broad SMARTS) is 1. The third-order valence-electron chi connectivity index (χ3n) is 7.46. The molecule has 1 atom stereocenters. The number of carbonyl (C=O) groups is 1. The largest absolute Gasteiger partial charge is 0.486 e. The number of carboxylic acids is 1. The van der Waals surface area contributed by atoms with Crippen LogP contribution in [0.5, 0.6) is 11.5 Å². The lowest BCUT2D eigenvalue weighted by Crippen LogP contribution is -2.44. The van der Waals surface area contributed by atoms with E-state index in [4.69, 9.17) is 9.47 Å². The minimum atomic E-state index is -0.750. The molecule has 4 heterocycles. The van der Waals surface area contributed by atoms with Crippen LogP contribution in [0.4, 0.5) is 11.5 Å². The van der Waals surface area contributed by atoms with Crippen molar-refractivity contribution in [2.45, 2.75) is 38.8 Å². The van der Waals surface area contributed by atoms with Crippen LogP contribution in [0.3, 0.4) is 0 Å². The summed E-state index contributed by atoms with van der Waals surface area (Å²) < 4.78 is 11.5. The van der Waals surface area contributed by atoms with Gasteiger partial charge in [-0.05, 0) is 78.9 Å². The molecule has 194 valence electrons. The maximum absolute atomic E-state index is 11.8. The summed E-state index contributed by atoms with van der Waals surface area (Å²) in [6.07, 6.45) is 6.21. The minimum absolute atomic E-state index is 0.447. The van der Waals surface area contributed by atoms with Crippen molar-refractivity contribution in [3.05, 3.63) is 72.1 Å². The Labute approximate surface area is 221 Å². The molecule has 0 saturated carbocycles. The van der Waals surface area contributed by atoms with Gasteiger partial charge in [0.05, 0.1) is 0 Å². The monoisotopic (exact) mass is 510 g/mol. The Bertz CT molecular complexity index is 1510. The number of hydrogen-bond donors (Lipinski definition) is 2. The summed E-state index contributed by atoms with van der Waals surface area (Å²) in [6, 6.07) is 15.7. The van der Waals surface area contributed by atoms with Gasteiger partial charge < -0.3 is 19.9 Å². The molecule has 1 unspecified atom stereocenters. The molecule has 2 aliphatic heterocycles. The zero-order valence-corrected chi connectivity index (χ0v) is 21.3. The van der Waals surface area contributed by atoms with Crippen LogP contribution in [0.2, 0.25) is 0 Å². The van der Waals surface area contributed by atoms with Crippen LogP contribution in [-0.4, -0.2) is 51.7 Å². The highest BCUT2D eigenvalue weighted by atomic mass is 16.6. The SMILES string of the molecule is Cc1c(Nc2nccc3c(CN4CCCCC4C(=O)O)ccnc23)cccc1-c1ccc2c(c1)OCCO2. The average Bonchev–Trinajstić information content (AvgIpc) is 2.94. The molecule has 4 aromatic rings. The second-order valence-corrected chi connectivity index (χ2v) is 9.81. The van der Waals surface area contributed by atoms with E-state index in [0.717, 1.165) is 69.7 Å². The molecule has 0 spiro atoms. The van der Waals surface area contributed by atoms with E-state index in [-0.39, 0.29) is 0 Å². The number of hydrogen-bond acceptors (Lipinski definition) is 7. The lowest BCUT2D eigenvalue weighted by molar-refractivity contribution is -0.144. The van der Waals surface area contributed by atoms with Crippen molar-refractivity contribution in [2.75, 3.05) is 25.1 Å². The van der Waals surface area contributed by atoms with E-state index in [1.54, 1.807) is 12.4 Å². The molecule has 2 N–H and O–H groups in total. The lowest BCUT2D eigenvalue weighted by Gasteiger charge is -2.33. The molecular weight excluding hydrogens is 480 g/mol. The highest BCUT2D eigenvalue weighted by Crippen LogP contribution is 2.37. The molecule has 8 nitrogen and oxygen atoms in total. The van der Waals surface area contributed by atoms with Gasteiger partial charge in [-0.2, -0.15) is 0 Å². The molecule has 0 radical (unpaired) electrons.